The first-order valence-corrected chi connectivity index (χ1v) is 6.71. The molecule has 2 aromatic heterocycles. The van der Waals surface area contributed by atoms with Gasteiger partial charge in [-0.3, -0.25) is 0 Å². The molecule has 5 heteroatoms. The number of benzene rings is 1. The van der Waals surface area contributed by atoms with Crippen LogP contribution in [0.5, 0.6) is 5.75 Å². The van der Waals surface area contributed by atoms with Gasteiger partial charge in [0, 0.05) is 17.8 Å². The molecule has 1 aromatic carbocycles. The molecular formula is C16H16N4O. The number of fused-ring (bicyclic) bond motifs is 1. The lowest BCUT2D eigenvalue weighted by molar-refractivity contribution is 0.415. The number of nitrogens with one attached hydrogen (secondary N) is 1. The van der Waals surface area contributed by atoms with Crippen LogP contribution in [-0.2, 0) is 6.54 Å². The summed E-state index contributed by atoms with van der Waals surface area (Å²) >= 11 is 0. The third kappa shape index (κ3) is 2.91. The summed E-state index contributed by atoms with van der Waals surface area (Å²) in [6, 6.07) is 9.81. The van der Waals surface area contributed by atoms with Crippen LogP contribution in [0, 0.1) is 6.92 Å². The molecule has 0 spiro atoms. The van der Waals surface area contributed by atoms with Gasteiger partial charge in [-0.1, -0.05) is 0 Å². The largest absolute Gasteiger partial charge is 0.497 e. The molecule has 0 amide bonds. The van der Waals surface area contributed by atoms with Gasteiger partial charge in [-0.05, 0) is 42.6 Å². The molecule has 2 heterocycles. The topological polar surface area (TPSA) is 59.9 Å². The number of anilines is 1. The van der Waals surface area contributed by atoms with Gasteiger partial charge in [-0.15, -0.1) is 0 Å². The molecule has 0 saturated carbocycles. The summed E-state index contributed by atoms with van der Waals surface area (Å²) in [5.74, 6) is 2.45. The number of rotatable bonds is 4. The van der Waals surface area contributed by atoms with E-state index in [1.54, 1.807) is 19.5 Å². The molecule has 0 aliphatic carbocycles. The minimum absolute atomic E-state index is 0.613. The molecule has 3 rings (SSSR count). The molecule has 106 valence electrons. The van der Waals surface area contributed by atoms with Crippen LogP contribution in [0.3, 0.4) is 0 Å². The number of hydrogen-bond donors (Lipinski definition) is 1. The van der Waals surface area contributed by atoms with Gasteiger partial charge in [-0.25, -0.2) is 15.0 Å². The van der Waals surface area contributed by atoms with Crippen molar-refractivity contribution in [3.8, 4) is 5.75 Å². The molecular weight excluding hydrogens is 264 g/mol. The van der Waals surface area contributed by atoms with Crippen molar-refractivity contribution in [3.05, 3.63) is 54.2 Å². The SMILES string of the molecule is COc1ccc2c(NCc3ccnc(C)n3)nccc2c1. The van der Waals surface area contributed by atoms with Gasteiger partial charge in [0.25, 0.3) is 0 Å². The molecule has 0 radical (unpaired) electrons. The Hall–Kier alpha value is -2.69. The van der Waals surface area contributed by atoms with E-state index in [9.17, 15) is 0 Å². The fourth-order valence-electron chi connectivity index (χ4n) is 2.20. The highest BCUT2D eigenvalue weighted by atomic mass is 16.5. The Labute approximate surface area is 123 Å². The Kier molecular flexibility index (Phi) is 3.64. The minimum atomic E-state index is 0.613. The maximum absolute atomic E-state index is 5.25. The van der Waals surface area contributed by atoms with Crippen molar-refractivity contribution < 1.29 is 4.74 Å². The number of aryl methyl sites for hydroxylation is 1. The van der Waals surface area contributed by atoms with Crippen LogP contribution in [0.2, 0.25) is 0 Å². The van der Waals surface area contributed by atoms with Crippen molar-refractivity contribution >= 4 is 16.6 Å². The number of pyridine rings is 1. The number of hydrogen-bond acceptors (Lipinski definition) is 5. The number of aromatic nitrogens is 3. The summed E-state index contributed by atoms with van der Waals surface area (Å²) in [7, 11) is 1.67. The van der Waals surface area contributed by atoms with Crippen LogP contribution in [0.4, 0.5) is 5.82 Å². The Morgan fingerprint density at radius 3 is 2.76 bits per heavy atom. The van der Waals surface area contributed by atoms with E-state index in [2.05, 4.69) is 20.3 Å². The Balaban J connectivity index is 1.87. The van der Waals surface area contributed by atoms with E-state index in [0.29, 0.717) is 6.54 Å². The molecule has 21 heavy (non-hydrogen) atoms. The number of ether oxygens (including phenoxy) is 1. The summed E-state index contributed by atoms with van der Waals surface area (Å²) in [4.78, 5) is 12.9. The third-order valence-electron chi connectivity index (χ3n) is 3.24. The van der Waals surface area contributed by atoms with Crippen LogP contribution in [-0.4, -0.2) is 22.1 Å². The van der Waals surface area contributed by atoms with Gasteiger partial charge in [0.05, 0.1) is 19.3 Å². The molecule has 5 nitrogen and oxygen atoms in total. The zero-order valence-corrected chi connectivity index (χ0v) is 12.0. The molecule has 0 aliphatic heterocycles. The third-order valence-corrected chi connectivity index (χ3v) is 3.24. The van der Waals surface area contributed by atoms with E-state index in [-0.39, 0.29) is 0 Å². The maximum atomic E-state index is 5.25. The highest BCUT2D eigenvalue weighted by Crippen LogP contribution is 2.25. The number of methoxy groups -OCH3 is 1. The first-order chi connectivity index (χ1) is 10.3. The first kappa shape index (κ1) is 13.3. The predicted octanol–water partition coefficient (Wildman–Crippen LogP) is 2.95. The van der Waals surface area contributed by atoms with Crippen molar-refractivity contribution in [2.24, 2.45) is 0 Å². The summed E-state index contributed by atoms with van der Waals surface area (Å²) in [5.41, 5.74) is 0.940. The Morgan fingerprint density at radius 1 is 1.10 bits per heavy atom. The fourth-order valence-corrected chi connectivity index (χ4v) is 2.20. The average molecular weight is 280 g/mol. The van der Waals surface area contributed by atoms with E-state index in [0.717, 1.165) is 33.9 Å². The monoisotopic (exact) mass is 280 g/mol. The van der Waals surface area contributed by atoms with Gasteiger partial charge < -0.3 is 10.1 Å². The molecule has 1 N–H and O–H groups in total. The van der Waals surface area contributed by atoms with E-state index < -0.39 is 0 Å². The van der Waals surface area contributed by atoms with Gasteiger partial charge in [0.2, 0.25) is 0 Å². The van der Waals surface area contributed by atoms with Gasteiger partial charge >= 0.3 is 0 Å². The Morgan fingerprint density at radius 2 is 1.95 bits per heavy atom. The summed E-state index contributed by atoms with van der Waals surface area (Å²) in [6.07, 6.45) is 3.55. The van der Waals surface area contributed by atoms with E-state index in [1.807, 2.05) is 37.3 Å². The molecule has 0 atom stereocenters. The molecule has 0 unspecified atom stereocenters. The second-order valence-electron chi connectivity index (χ2n) is 4.70. The lowest BCUT2D eigenvalue weighted by atomic mass is 10.1. The number of nitrogens with zero attached hydrogens (tertiary/aromatic N) is 3. The standard InChI is InChI=1S/C16H16N4O/c1-11-17-8-6-13(20-11)10-19-16-15-4-3-14(21-2)9-12(15)5-7-18-16/h3-9H,10H2,1-2H3,(H,18,19). The van der Waals surface area contributed by atoms with Crippen LogP contribution in [0.1, 0.15) is 11.5 Å². The van der Waals surface area contributed by atoms with Crippen LogP contribution in [0.15, 0.2) is 42.7 Å². The predicted molar refractivity (Wildman–Crippen MR) is 82.4 cm³/mol. The molecule has 0 fully saturated rings. The van der Waals surface area contributed by atoms with Crippen molar-refractivity contribution in [1.82, 2.24) is 15.0 Å². The van der Waals surface area contributed by atoms with E-state index in [1.165, 1.54) is 0 Å². The summed E-state index contributed by atoms with van der Waals surface area (Å²) in [5, 5.41) is 5.47. The molecule has 0 aliphatic rings. The van der Waals surface area contributed by atoms with E-state index in [4.69, 9.17) is 4.74 Å². The van der Waals surface area contributed by atoms with Crippen molar-refractivity contribution in [2.45, 2.75) is 13.5 Å². The highest BCUT2D eigenvalue weighted by molar-refractivity contribution is 5.92. The lowest BCUT2D eigenvalue weighted by Crippen LogP contribution is -2.04. The average Bonchev–Trinajstić information content (AvgIpc) is 2.52. The lowest BCUT2D eigenvalue weighted by Gasteiger charge is -2.09. The summed E-state index contributed by atoms with van der Waals surface area (Å²) in [6.45, 7) is 2.49. The zero-order valence-electron chi connectivity index (χ0n) is 12.0. The minimum Gasteiger partial charge on any atom is -0.497 e. The maximum Gasteiger partial charge on any atom is 0.134 e. The highest BCUT2D eigenvalue weighted by Gasteiger charge is 2.04. The summed E-state index contributed by atoms with van der Waals surface area (Å²) < 4.78 is 5.25. The molecule has 3 aromatic rings. The fraction of sp³-hybridized carbons (Fsp3) is 0.188. The van der Waals surface area contributed by atoms with Crippen molar-refractivity contribution in [1.29, 1.82) is 0 Å². The second kappa shape index (κ2) is 5.75. The van der Waals surface area contributed by atoms with Gasteiger partial charge in [0.1, 0.15) is 17.4 Å². The smallest absolute Gasteiger partial charge is 0.134 e. The normalized spacial score (nSPS) is 10.6. The van der Waals surface area contributed by atoms with Crippen molar-refractivity contribution in [3.63, 3.8) is 0 Å². The molecule has 0 saturated heterocycles. The first-order valence-electron chi connectivity index (χ1n) is 6.71. The zero-order chi connectivity index (χ0) is 14.7. The quantitative estimate of drug-likeness (QED) is 0.796. The van der Waals surface area contributed by atoms with Gasteiger partial charge in [-0.2, -0.15) is 0 Å². The Bertz CT molecular complexity index is 773. The van der Waals surface area contributed by atoms with Crippen molar-refractivity contribution in [2.75, 3.05) is 12.4 Å². The van der Waals surface area contributed by atoms with Gasteiger partial charge in [0.15, 0.2) is 0 Å². The van der Waals surface area contributed by atoms with Crippen LogP contribution < -0.4 is 10.1 Å². The van der Waals surface area contributed by atoms with E-state index >= 15 is 0 Å². The van der Waals surface area contributed by atoms with Crippen LogP contribution in [0.25, 0.3) is 10.8 Å². The second-order valence-corrected chi connectivity index (χ2v) is 4.70. The van der Waals surface area contributed by atoms with Crippen LogP contribution >= 0.6 is 0 Å². The molecule has 0 bridgehead atoms.